The minimum atomic E-state index is -3.53. The number of methoxy groups -OCH3 is 1. The number of furan rings is 1. The summed E-state index contributed by atoms with van der Waals surface area (Å²) < 4.78 is 49.4. The van der Waals surface area contributed by atoms with Gasteiger partial charge in [-0.1, -0.05) is 0 Å². The fraction of sp³-hybridized carbons (Fsp3) is 0.167. The molecule has 2 N–H and O–H groups in total. The first-order valence-electron chi connectivity index (χ1n) is 7.84. The van der Waals surface area contributed by atoms with Crippen LogP contribution in [0, 0.1) is 12.7 Å². The zero-order valence-electron chi connectivity index (χ0n) is 14.8. The van der Waals surface area contributed by atoms with Crippen LogP contribution in [0.25, 0.3) is 11.0 Å². The van der Waals surface area contributed by atoms with E-state index < -0.39 is 21.7 Å². The lowest BCUT2D eigenvalue weighted by atomic mass is 10.1. The lowest BCUT2D eigenvalue weighted by Crippen LogP contribution is -2.14. The van der Waals surface area contributed by atoms with Gasteiger partial charge in [0.05, 0.1) is 19.1 Å². The average molecular weight is 392 g/mol. The molecule has 3 rings (SSSR count). The Morgan fingerprint density at radius 3 is 2.59 bits per heavy atom. The van der Waals surface area contributed by atoms with E-state index in [1.165, 1.54) is 37.4 Å². The number of anilines is 2. The molecular weight excluding hydrogens is 375 g/mol. The predicted molar refractivity (Wildman–Crippen MR) is 100 cm³/mol. The molecule has 0 aliphatic carbocycles. The van der Waals surface area contributed by atoms with E-state index in [4.69, 9.17) is 9.15 Å². The molecule has 0 saturated heterocycles. The Labute approximate surface area is 155 Å². The van der Waals surface area contributed by atoms with E-state index in [-0.39, 0.29) is 11.4 Å². The monoisotopic (exact) mass is 392 g/mol. The number of amides is 1. The molecule has 2 aromatic carbocycles. The molecule has 142 valence electrons. The van der Waals surface area contributed by atoms with Gasteiger partial charge in [0.15, 0.2) is 5.76 Å². The molecular formula is C18H17FN2O5S. The molecule has 0 aliphatic heterocycles. The molecule has 0 fully saturated rings. The summed E-state index contributed by atoms with van der Waals surface area (Å²) >= 11 is 0. The molecule has 0 saturated carbocycles. The van der Waals surface area contributed by atoms with E-state index in [9.17, 15) is 17.6 Å². The van der Waals surface area contributed by atoms with Crippen LogP contribution in [0.1, 0.15) is 16.1 Å². The lowest BCUT2D eigenvalue weighted by Gasteiger charge is -2.12. The molecule has 9 heteroatoms. The highest BCUT2D eigenvalue weighted by Gasteiger charge is 2.19. The molecule has 1 amide bonds. The summed E-state index contributed by atoms with van der Waals surface area (Å²) in [6.07, 6.45) is 1.01. The molecule has 1 aromatic heterocycles. The van der Waals surface area contributed by atoms with E-state index in [0.717, 1.165) is 6.26 Å². The van der Waals surface area contributed by atoms with E-state index >= 15 is 0 Å². The lowest BCUT2D eigenvalue weighted by molar-refractivity contribution is 0.0998. The number of fused-ring (bicyclic) bond motifs is 1. The first-order valence-corrected chi connectivity index (χ1v) is 9.73. The van der Waals surface area contributed by atoms with Gasteiger partial charge in [0.2, 0.25) is 10.0 Å². The Hall–Kier alpha value is -3.07. The molecule has 27 heavy (non-hydrogen) atoms. The fourth-order valence-corrected chi connectivity index (χ4v) is 3.22. The Morgan fingerprint density at radius 2 is 1.93 bits per heavy atom. The molecule has 0 bridgehead atoms. The minimum Gasteiger partial charge on any atom is -0.495 e. The zero-order valence-corrected chi connectivity index (χ0v) is 15.6. The Bertz CT molecular complexity index is 1140. The number of aryl methyl sites for hydroxylation is 1. The molecule has 0 aliphatic rings. The summed E-state index contributed by atoms with van der Waals surface area (Å²) in [7, 11) is -2.13. The standard InChI is InChI=1S/C18H17FN2O5S/c1-10-13-8-11(19)4-6-15(13)26-17(10)18(22)20-12-5-7-16(25-2)14(9-12)21-27(3,23)24/h4-9,21H,1-3H3,(H,20,22). The second-order valence-corrected chi connectivity index (χ2v) is 7.69. The Balaban J connectivity index is 1.92. The van der Waals surface area contributed by atoms with Crippen molar-refractivity contribution in [2.24, 2.45) is 0 Å². The third-order valence-electron chi connectivity index (χ3n) is 3.86. The van der Waals surface area contributed by atoms with Gasteiger partial charge in [-0.2, -0.15) is 0 Å². The van der Waals surface area contributed by atoms with Crippen molar-refractivity contribution >= 4 is 38.3 Å². The number of carbonyl (C=O) groups excluding carboxylic acids is 1. The van der Waals surface area contributed by atoms with Crippen LogP contribution in [0.15, 0.2) is 40.8 Å². The average Bonchev–Trinajstić information content (AvgIpc) is 2.90. The summed E-state index contributed by atoms with van der Waals surface area (Å²) in [5.74, 6) is -0.623. The van der Waals surface area contributed by atoms with Gasteiger partial charge in [-0.3, -0.25) is 9.52 Å². The van der Waals surface area contributed by atoms with Crippen LogP contribution in [-0.2, 0) is 10.0 Å². The van der Waals surface area contributed by atoms with Gasteiger partial charge < -0.3 is 14.5 Å². The number of halogens is 1. The smallest absolute Gasteiger partial charge is 0.291 e. The maximum absolute atomic E-state index is 13.4. The van der Waals surface area contributed by atoms with Gasteiger partial charge >= 0.3 is 0 Å². The van der Waals surface area contributed by atoms with Crippen molar-refractivity contribution in [3.05, 3.63) is 53.5 Å². The molecule has 7 nitrogen and oxygen atoms in total. The van der Waals surface area contributed by atoms with Crippen LogP contribution in [-0.4, -0.2) is 27.7 Å². The van der Waals surface area contributed by atoms with Gasteiger partial charge in [0.1, 0.15) is 17.1 Å². The molecule has 1 heterocycles. The van der Waals surface area contributed by atoms with Crippen LogP contribution in [0.3, 0.4) is 0 Å². The first-order chi connectivity index (χ1) is 12.7. The van der Waals surface area contributed by atoms with Crippen molar-refractivity contribution in [3.63, 3.8) is 0 Å². The summed E-state index contributed by atoms with van der Waals surface area (Å²) in [6.45, 7) is 1.66. The zero-order chi connectivity index (χ0) is 19.8. The predicted octanol–water partition coefficient (Wildman–Crippen LogP) is 3.51. The summed E-state index contributed by atoms with van der Waals surface area (Å²) in [5.41, 5.74) is 1.41. The van der Waals surface area contributed by atoms with Crippen molar-refractivity contribution in [3.8, 4) is 5.75 Å². The molecule has 0 spiro atoms. The number of carbonyl (C=O) groups is 1. The highest BCUT2D eigenvalue weighted by molar-refractivity contribution is 7.92. The maximum atomic E-state index is 13.4. The van der Waals surface area contributed by atoms with Crippen LogP contribution >= 0.6 is 0 Å². The van der Waals surface area contributed by atoms with Crippen LogP contribution in [0.2, 0.25) is 0 Å². The highest BCUT2D eigenvalue weighted by atomic mass is 32.2. The Morgan fingerprint density at radius 1 is 1.19 bits per heavy atom. The highest BCUT2D eigenvalue weighted by Crippen LogP contribution is 2.30. The van der Waals surface area contributed by atoms with Gasteiger partial charge in [-0.05, 0) is 43.3 Å². The van der Waals surface area contributed by atoms with Crippen LogP contribution in [0.4, 0.5) is 15.8 Å². The van der Waals surface area contributed by atoms with Crippen LogP contribution < -0.4 is 14.8 Å². The third kappa shape index (κ3) is 4.03. The molecule has 0 atom stereocenters. The fourth-order valence-electron chi connectivity index (χ4n) is 2.66. The van der Waals surface area contributed by atoms with Gasteiger partial charge in [0, 0.05) is 16.6 Å². The van der Waals surface area contributed by atoms with Gasteiger partial charge in [-0.15, -0.1) is 0 Å². The minimum absolute atomic E-state index is 0.0454. The summed E-state index contributed by atoms with van der Waals surface area (Å²) in [5, 5.41) is 3.14. The number of sulfonamides is 1. The van der Waals surface area contributed by atoms with Gasteiger partial charge in [0.25, 0.3) is 5.91 Å². The quantitative estimate of drug-likeness (QED) is 0.692. The first kappa shape index (κ1) is 18.7. The largest absolute Gasteiger partial charge is 0.495 e. The van der Waals surface area contributed by atoms with Crippen molar-refractivity contribution < 1.29 is 26.8 Å². The second-order valence-electron chi connectivity index (χ2n) is 5.94. The second kappa shape index (κ2) is 6.92. The number of benzene rings is 2. The van der Waals surface area contributed by atoms with Crippen molar-refractivity contribution in [2.45, 2.75) is 6.92 Å². The van der Waals surface area contributed by atoms with E-state index in [2.05, 4.69) is 10.0 Å². The van der Waals surface area contributed by atoms with E-state index in [1.807, 2.05) is 0 Å². The van der Waals surface area contributed by atoms with E-state index in [1.54, 1.807) is 13.0 Å². The number of ether oxygens (including phenoxy) is 1. The summed E-state index contributed by atoms with van der Waals surface area (Å²) in [4.78, 5) is 12.6. The maximum Gasteiger partial charge on any atom is 0.291 e. The van der Waals surface area contributed by atoms with Crippen LogP contribution in [0.5, 0.6) is 5.75 Å². The number of rotatable bonds is 5. The summed E-state index contributed by atoms with van der Waals surface area (Å²) in [6, 6.07) is 8.50. The third-order valence-corrected chi connectivity index (χ3v) is 4.45. The number of nitrogens with one attached hydrogen (secondary N) is 2. The van der Waals surface area contributed by atoms with Crippen molar-refractivity contribution in [1.82, 2.24) is 0 Å². The molecule has 3 aromatic rings. The molecule has 0 unspecified atom stereocenters. The number of hydrogen-bond donors (Lipinski definition) is 2. The SMILES string of the molecule is COc1ccc(NC(=O)c2oc3ccc(F)cc3c2C)cc1NS(C)(=O)=O. The normalized spacial score (nSPS) is 11.4. The van der Waals surface area contributed by atoms with Crippen molar-refractivity contribution in [1.29, 1.82) is 0 Å². The van der Waals surface area contributed by atoms with Gasteiger partial charge in [-0.25, -0.2) is 12.8 Å². The van der Waals surface area contributed by atoms with E-state index in [0.29, 0.717) is 28.0 Å². The Kier molecular flexibility index (Phi) is 4.79. The number of hydrogen-bond acceptors (Lipinski definition) is 5. The topological polar surface area (TPSA) is 97.6 Å². The van der Waals surface area contributed by atoms with Crippen molar-refractivity contribution in [2.75, 3.05) is 23.4 Å². The molecule has 0 radical (unpaired) electrons.